The second-order valence-electron chi connectivity index (χ2n) is 4.39. The zero-order chi connectivity index (χ0) is 13.1. The lowest BCUT2D eigenvalue weighted by atomic mass is 9.88. The number of rotatable bonds is 5. The zero-order valence-electron chi connectivity index (χ0n) is 9.89. The molecule has 1 unspecified atom stereocenters. The first-order chi connectivity index (χ1) is 8.58. The number of aliphatic carboxylic acids is 1. The molecule has 3 N–H and O–H groups in total. The van der Waals surface area contributed by atoms with Gasteiger partial charge in [0.25, 0.3) is 0 Å². The molecular weight excluding hydrogens is 234 g/mol. The van der Waals surface area contributed by atoms with Gasteiger partial charge in [-0.2, -0.15) is 0 Å². The number of amides is 1. The standard InChI is InChI=1S/C13H15NO4/c14-12(15)6-8(7-13(16)17)9-2-1-3-11-10(9)4-5-18-11/h1-3,8H,4-7H2,(H2,14,15)(H,16,17). The predicted molar refractivity (Wildman–Crippen MR) is 64.4 cm³/mol. The van der Waals surface area contributed by atoms with Crippen LogP contribution in [0.1, 0.15) is 29.9 Å². The second kappa shape index (κ2) is 5.08. The average Bonchev–Trinajstić information content (AvgIpc) is 2.74. The molecule has 0 spiro atoms. The number of hydrogen-bond acceptors (Lipinski definition) is 3. The maximum atomic E-state index is 11.1. The molecule has 1 atom stereocenters. The highest BCUT2D eigenvalue weighted by Gasteiger charge is 2.24. The van der Waals surface area contributed by atoms with Gasteiger partial charge in [-0.15, -0.1) is 0 Å². The maximum absolute atomic E-state index is 11.1. The summed E-state index contributed by atoms with van der Waals surface area (Å²) < 4.78 is 5.44. The van der Waals surface area contributed by atoms with Crippen molar-refractivity contribution in [2.45, 2.75) is 25.2 Å². The molecule has 0 saturated carbocycles. The monoisotopic (exact) mass is 249 g/mol. The van der Waals surface area contributed by atoms with E-state index in [0.29, 0.717) is 6.61 Å². The molecule has 0 aromatic heterocycles. The second-order valence-corrected chi connectivity index (χ2v) is 4.39. The Hall–Kier alpha value is -2.04. The van der Waals surface area contributed by atoms with Crippen molar-refractivity contribution in [1.82, 2.24) is 0 Å². The number of hydrogen-bond donors (Lipinski definition) is 2. The molecule has 1 aromatic carbocycles. The number of primary amides is 1. The van der Waals surface area contributed by atoms with Crippen molar-refractivity contribution in [3.05, 3.63) is 29.3 Å². The quantitative estimate of drug-likeness (QED) is 0.816. The number of nitrogens with two attached hydrogens (primary N) is 1. The molecule has 18 heavy (non-hydrogen) atoms. The first-order valence-corrected chi connectivity index (χ1v) is 5.82. The third-order valence-corrected chi connectivity index (χ3v) is 3.09. The van der Waals surface area contributed by atoms with Gasteiger partial charge in [0, 0.05) is 24.3 Å². The van der Waals surface area contributed by atoms with Crippen LogP contribution in [0.15, 0.2) is 18.2 Å². The Kier molecular flexibility index (Phi) is 3.50. The topological polar surface area (TPSA) is 89.6 Å². The number of fused-ring (bicyclic) bond motifs is 1. The van der Waals surface area contributed by atoms with Crippen LogP contribution in [-0.4, -0.2) is 23.6 Å². The Balaban J connectivity index is 2.32. The predicted octanol–water partition coefficient (Wildman–Crippen LogP) is 1.06. The Morgan fingerprint density at radius 3 is 2.83 bits per heavy atom. The highest BCUT2D eigenvalue weighted by Crippen LogP contribution is 2.35. The molecule has 96 valence electrons. The number of carbonyl (C=O) groups excluding carboxylic acids is 1. The molecule has 1 aliphatic rings. The van der Waals surface area contributed by atoms with E-state index < -0.39 is 11.9 Å². The van der Waals surface area contributed by atoms with E-state index in [1.165, 1.54) is 0 Å². The van der Waals surface area contributed by atoms with Gasteiger partial charge < -0.3 is 15.6 Å². The summed E-state index contributed by atoms with van der Waals surface area (Å²) in [6.45, 7) is 0.600. The van der Waals surface area contributed by atoms with Crippen molar-refractivity contribution in [3.63, 3.8) is 0 Å². The third kappa shape index (κ3) is 2.61. The van der Waals surface area contributed by atoms with Crippen LogP contribution in [-0.2, 0) is 16.0 Å². The van der Waals surface area contributed by atoms with Gasteiger partial charge >= 0.3 is 5.97 Å². The van der Waals surface area contributed by atoms with Crippen LogP contribution < -0.4 is 10.5 Å². The Morgan fingerprint density at radius 1 is 1.39 bits per heavy atom. The van der Waals surface area contributed by atoms with Gasteiger partial charge in [0.15, 0.2) is 0 Å². The van der Waals surface area contributed by atoms with Crippen LogP contribution in [0.25, 0.3) is 0 Å². The smallest absolute Gasteiger partial charge is 0.303 e. The van der Waals surface area contributed by atoms with Crippen molar-refractivity contribution in [3.8, 4) is 5.75 Å². The minimum Gasteiger partial charge on any atom is -0.493 e. The lowest BCUT2D eigenvalue weighted by Crippen LogP contribution is -2.18. The first kappa shape index (κ1) is 12.4. The minimum absolute atomic E-state index is 0.0444. The lowest BCUT2D eigenvalue weighted by molar-refractivity contribution is -0.137. The van der Waals surface area contributed by atoms with Crippen LogP contribution in [0.4, 0.5) is 0 Å². The molecule has 1 heterocycles. The SMILES string of the molecule is NC(=O)CC(CC(=O)O)c1cccc2c1CCO2. The van der Waals surface area contributed by atoms with Crippen LogP contribution in [0.5, 0.6) is 5.75 Å². The first-order valence-electron chi connectivity index (χ1n) is 5.82. The van der Waals surface area contributed by atoms with Crippen molar-refractivity contribution in [2.75, 3.05) is 6.61 Å². The number of carbonyl (C=O) groups is 2. The van der Waals surface area contributed by atoms with Gasteiger partial charge in [-0.05, 0) is 11.6 Å². The number of carboxylic acid groups (broad SMARTS) is 1. The minimum atomic E-state index is -0.933. The van der Waals surface area contributed by atoms with Gasteiger partial charge in [-0.1, -0.05) is 12.1 Å². The van der Waals surface area contributed by atoms with E-state index in [1.807, 2.05) is 18.2 Å². The van der Waals surface area contributed by atoms with Crippen LogP contribution in [0.3, 0.4) is 0 Å². The molecule has 1 amide bonds. The van der Waals surface area contributed by atoms with Crippen molar-refractivity contribution < 1.29 is 19.4 Å². The highest BCUT2D eigenvalue weighted by molar-refractivity contribution is 5.77. The molecule has 5 heteroatoms. The molecular formula is C13H15NO4. The van der Waals surface area contributed by atoms with E-state index in [-0.39, 0.29) is 18.8 Å². The fourth-order valence-corrected chi connectivity index (χ4v) is 2.38. The van der Waals surface area contributed by atoms with Gasteiger partial charge in [0.2, 0.25) is 5.91 Å². The van der Waals surface area contributed by atoms with E-state index in [2.05, 4.69) is 0 Å². The average molecular weight is 249 g/mol. The summed E-state index contributed by atoms with van der Waals surface area (Å²) in [6, 6.07) is 5.52. The van der Waals surface area contributed by atoms with Crippen molar-refractivity contribution >= 4 is 11.9 Å². The van der Waals surface area contributed by atoms with E-state index >= 15 is 0 Å². The molecule has 0 fully saturated rings. The lowest BCUT2D eigenvalue weighted by Gasteiger charge is -2.16. The molecule has 0 saturated heterocycles. The molecule has 0 radical (unpaired) electrons. The molecule has 2 rings (SSSR count). The summed E-state index contributed by atoms with van der Waals surface area (Å²) in [7, 11) is 0. The van der Waals surface area contributed by atoms with E-state index in [1.54, 1.807) is 0 Å². The molecule has 1 aromatic rings. The Labute approximate surface area is 105 Å². The van der Waals surface area contributed by atoms with E-state index in [0.717, 1.165) is 23.3 Å². The summed E-state index contributed by atoms with van der Waals surface area (Å²) in [5.74, 6) is -1.01. The summed E-state index contributed by atoms with van der Waals surface area (Å²) in [5, 5.41) is 8.92. The highest BCUT2D eigenvalue weighted by atomic mass is 16.5. The molecule has 0 bridgehead atoms. The molecule has 1 aliphatic heterocycles. The van der Waals surface area contributed by atoms with Gasteiger partial charge in [-0.3, -0.25) is 9.59 Å². The van der Waals surface area contributed by atoms with Crippen molar-refractivity contribution in [2.24, 2.45) is 5.73 Å². The van der Waals surface area contributed by atoms with E-state index in [4.69, 9.17) is 15.6 Å². The number of benzene rings is 1. The van der Waals surface area contributed by atoms with Gasteiger partial charge in [0.05, 0.1) is 13.0 Å². The van der Waals surface area contributed by atoms with Gasteiger partial charge in [0.1, 0.15) is 5.75 Å². The summed E-state index contributed by atoms with van der Waals surface area (Å²) in [6.07, 6.45) is 0.697. The summed E-state index contributed by atoms with van der Waals surface area (Å²) in [4.78, 5) is 21.9. The van der Waals surface area contributed by atoms with Crippen molar-refractivity contribution in [1.29, 1.82) is 0 Å². The molecule has 5 nitrogen and oxygen atoms in total. The van der Waals surface area contributed by atoms with Crippen LogP contribution >= 0.6 is 0 Å². The van der Waals surface area contributed by atoms with Crippen LogP contribution in [0.2, 0.25) is 0 Å². The summed E-state index contributed by atoms with van der Waals surface area (Å²) in [5.41, 5.74) is 7.06. The van der Waals surface area contributed by atoms with Gasteiger partial charge in [-0.25, -0.2) is 0 Å². The molecule has 0 aliphatic carbocycles. The Bertz CT molecular complexity index is 468. The normalized spacial score (nSPS) is 14.7. The van der Waals surface area contributed by atoms with Crippen LogP contribution in [0, 0.1) is 0 Å². The largest absolute Gasteiger partial charge is 0.493 e. The Morgan fingerprint density at radius 2 is 2.17 bits per heavy atom. The maximum Gasteiger partial charge on any atom is 0.303 e. The third-order valence-electron chi connectivity index (χ3n) is 3.09. The number of carboxylic acids is 1. The van der Waals surface area contributed by atoms with E-state index in [9.17, 15) is 9.59 Å². The zero-order valence-corrected chi connectivity index (χ0v) is 9.89. The fraction of sp³-hybridized carbons (Fsp3) is 0.385. The summed E-state index contributed by atoms with van der Waals surface area (Å²) >= 11 is 0. The number of ether oxygens (including phenoxy) is 1. The fourth-order valence-electron chi connectivity index (χ4n) is 2.38.